The minimum absolute atomic E-state index is 0.00768. The number of phenols is 1. The number of aromatic hydroxyl groups is 1. The molecule has 7 nitrogen and oxygen atoms in total. The topological polar surface area (TPSA) is 94.5 Å². The van der Waals surface area contributed by atoms with Crippen LogP contribution in [0.15, 0.2) is 30.3 Å². The Morgan fingerprint density at radius 2 is 1.72 bits per heavy atom. The zero-order chi connectivity index (χ0) is 18.1. The van der Waals surface area contributed by atoms with E-state index in [2.05, 4.69) is 0 Å². The number of fused-ring (bicyclic) bond motifs is 1. The molecule has 2 unspecified atom stereocenters. The summed E-state index contributed by atoms with van der Waals surface area (Å²) < 4.78 is 21.1. The van der Waals surface area contributed by atoms with Crippen LogP contribution in [0, 0.1) is 0 Å². The molecule has 0 saturated carbocycles. The molecule has 0 bridgehead atoms. The van der Waals surface area contributed by atoms with Crippen molar-refractivity contribution in [2.45, 2.75) is 12.2 Å². The van der Waals surface area contributed by atoms with E-state index in [9.17, 15) is 15.0 Å². The zero-order valence-electron chi connectivity index (χ0n) is 14.0. The molecule has 1 heterocycles. The van der Waals surface area contributed by atoms with E-state index in [0.29, 0.717) is 11.3 Å². The van der Waals surface area contributed by atoms with Crippen molar-refractivity contribution in [3.63, 3.8) is 0 Å². The Labute approximate surface area is 144 Å². The van der Waals surface area contributed by atoms with E-state index in [1.54, 1.807) is 31.4 Å². The summed E-state index contributed by atoms with van der Waals surface area (Å²) in [5.74, 6) is -0.0876. The van der Waals surface area contributed by atoms with Crippen LogP contribution in [0.5, 0.6) is 28.7 Å². The Kier molecular flexibility index (Phi) is 4.41. The molecule has 1 aliphatic rings. The van der Waals surface area contributed by atoms with Crippen LogP contribution in [-0.2, 0) is 0 Å². The molecule has 0 spiro atoms. The molecule has 2 aromatic carbocycles. The summed E-state index contributed by atoms with van der Waals surface area (Å²) in [7, 11) is 4.29. The zero-order valence-corrected chi connectivity index (χ0v) is 14.0. The third kappa shape index (κ3) is 2.72. The highest BCUT2D eigenvalue weighted by Gasteiger charge is 2.40. The Balaban J connectivity index is 2.07. The third-order valence-electron chi connectivity index (χ3n) is 4.11. The molecule has 0 radical (unpaired) electrons. The Morgan fingerprint density at radius 1 is 1.04 bits per heavy atom. The van der Waals surface area contributed by atoms with Gasteiger partial charge in [0.05, 0.1) is 21.3 Å². The quantitative estimate of drug-likeness (QED) is 0.875. The maximum absolute atomic E-state index is 12.6. The Morgan fingerprint density at radius 3 is 2.28 bits per heavy atom. The molecule has 2 aromatic rings. The second-order valence-corrected chi connectivity index (χ2v) is 5.45. The molecule has 0 aromatic heterocycles. The molecule has 2 atom stereocenters. The fourth-order valence-electron chi connectivity index (χ4n) is 2.81. The van der Waals surface area contributed by atoms with Gasteiger partial charge in [0.1, 0.15) is 17.1 Å². The van der Waals surface area contributed by atoms with Crippen molar-refractivity contribution in [3.05, 3.63) is 41.5 Å². The first-order chi connectivity index (χ1) is 12.0. The van der Waals surface area contributed by atoms with Crippen LogP contribution >= 0.6 is 0 Å². The molecular weight excluding hydrogens is 328 g/mol. The van der Waals surface area contributed by atoms with Crippen molar-refractivity contribution < 1.29 is 34.0 Å². The van der Waals surface area contributed by atoms with E-state index >= 15 is 0 Å². The summed E-state index contributed by atoms with van der Waals surface area (Å²) in [6, 6.07) is 8.26. The lowest BCUT2D eigenvalue weighted by Crippen LogP contribution is -2.36. The molecule has 0 saturated heterocycles. The van der Waals surface area contributed by atoms with Crippen molar-refractivity contribution in [1.82, 2.24) is 0 Å². The number of methoxy groups -OCH3 is 3. The highest BCUT2D eigenvalue weighted by atomic mass is 16.5. The predicted octanol–water partition coefficient (Wildman–Crippen LogP) is 2.10. The highest BCUT2D eigenvalue weighted by molar-refractivity contribution is 6.06. The first-order valence-corrected chi connectivity index (χ1v) is 7.52. The Bertz CT molecular complexity index is 798. The number of carbonyl (C=O) groups is 1. The van der Waals surface area contributed by atoms with Crippen molar-refractivity contribution >= 4 is 5.78 Å². The maximum atomic E-state index is 12.6. The maximum Gasteiger partial charge on any atom is 0.204 e. The van der Waals surface area contributed by atoms with Crippen molar-refractivity contribution in [1.29, 1.82) is 0 Å². The minimum atomic E-state index is -1.47. The smallest absolute Gasteiger partial charge is 0.204 e. The first kappa shape index (κ1) is 16.9. The number of aliphatic hydroxyl groups is 1. The van der Waals surface area contributed by atoms with E-state index in [1.807, 2.05) is 0 Å². The van der Waals surface area contributed by atoms with E-state index in [4.69, 9.17) is 18.9 Å². The number of carbonyl (C=O) groups excluding carboxylic acids is 1. The van der Waals surface area contributed by atoms with Crippen molar-refractivity contribution in [2.24, 2.45) is 0 Å². The minimum Gasteiger partial charge on any atom is -0.504 e. The summed E-state index contributed by atoms with van der Waals surface area (Å²) in [6.07, 6.45) is -2.38. The molecule has 0 fully saturated rings. The predicted molar refractivity (Wildman–Crippen MR) is 87.9 cm³/mol. The lowest BCUT2D eigenvalue weighted by atomic mass is 9.92. The second kappa shape index (κ2) is 6.52. The van der Waals surface area contributed by atoms with Gasteiger partial charge in [-0.2, -0.15) is 0 Å². The number of rotatable bonds is 4. The molecule has 2 N–H and O–H groups in total. The summed E-state index contributed by atoms with van der Waals surface area (Å²) in [6.45, 7) is 0. The highest BCUT2D eigenvalue weighted by Crippen LogP contribution is 2.48. The Hall–Kier alpha value is -2.93. The van der Waals surface area contributed by atoms with Crippen LogP contribution in [-0.4, -0.2) is 43.4 Å². The van der Waals surface area contributed by atoms with Gasteiger partial charge in [0, 0.05) is 6.07 Å². The van der Waals surface area contributed by atoms with Gasteiger partial charge in [-0.15, -0.1) is 0 Å². The van der Waals surface area contributed by atoms with Gasteiger partial charge in [0.15, 0.2) is 23.7 Å². The average Bonchev–Trinajstić information content (AvgIpc) is 2.64. The largest absolute Gasteiger partial charge is 0.504 e. The van der Waals surface area contributed by atoms with Crippen LogP contribution in [0.4, 0.5) is 0 Å². The number of hydrogen-bond acceptors (Lipinski definition) is 7. The molecule has 132 valence electrons. The van der Waals surface area contributed by atoms with Crippen molar-refractivity contribution in [3.8, 4) is 28.7 Å². The standard InChI is InChI=1S/C18H18O7/c1-22-10-6-4-9(5-7-10)17-16(21)14(19)13-11(25-17)8-12(23-2)18(24-3)15(13)20/h4-8,16-17,20-21H,1-3H3. The van der Waals surface area contributed by atoms with Crippen LogP contribution in [0.3, 0.4) is 0 Å². The second-order valence-electron chi connectivity index (χ2n) is 5.45. The van der Waals surface area contributed by atoms with Gasteiger partial charge < -0.3 is 29.2 Å². The molecule has 3 rings (SSSR count). The number of Topliss-reactive ketones (excluding diaryl/α,β-unsaturated/α-hetero) is 1. The first-order valence-electron chi connectivity index (χ1n) is 7.52. The van der Waals surface area contributed by atoms with Gasteiger partial charge in [0.25, 0.3) is 0 Å². The van der Waals surface area contributed by atoms with E-state index in [1.165, 1.54) is 20.3 Å². The van der Waals surface area contributed by atoms with Gasteiger partial charge in [-0.05, 0) is 17.7 Å². The number of ether oxygens (including phenoxy) is 4. The molecular formula is C18H18O7. The van der Waals surface area contributed by atoms with Crippen molar-refractivity contribution in [2.75, 3.05) is 21.3 Å². The molecule has 0 aliphatic carbocycles. The number of aliphatic hydroxyl groups excluding tert-OH is 1. The summed E-state index contributed by atoms with van der Waals surface area (Å²) in [5, 5.41) is 20.7. The van der Waals surface area contributed by atoms with Gasteiger partial charge in [0.2, 0.25) is 11.5 Å². The number of hydrogen-bond donors (Lipinski definition) is 2. The third-order valence-corrected chi connectivity index (χ3v) is 4.11. The lowest BCUT2D eigenvalue weighted by Gasteiger charge is -2.31. The fraction of sp³-hybridized carbons (Fsp3) is 0.278. The molecule has 1 aliphatic heterocycles. The normalized spacial score (nSPS) is 19.0. The van der Waals surface area contributed by atoms with Gasteiger partial charge in [-0.3, -0.25) is 4.79 Å². The fourth-order valence-corrected chi connectivity index (χ4v) is 2.81. The van der Waals surface area contributed by atoms with Crippen LogP contribution < -0.4 is 18.9 Å². The van der Waals surface area contributed by atoms with Gasteiger partial charge >= 0.3 is 0 Å². The molecule has 0 amide bonds. The van der Waals surface area contributed by atoms with E-state index in [-0.39, 0.29) is 22.8 Å². The summed E-state index contributed by atoms with van der Waals surface area (Å²) in [4.78, 5) is 12.6. The van der Waals surface area contributed by atoms with Gasteiger partial charge in [-0.25, -0.2) is 0 Å². The number of benzene rings is 2. The van der Waals surface area contributed by atoms with Crippen LogP contribution in [0.1, 0.15) is 22.0 Å². The number of ketones is 1. The van der Waals surface area contributed by atoms with Gasteiger partial charge in [-0.1, -0.05) is 12.1 Å². The average molecular weight is 346 g/mol. The SMILES string of the molecule is COc1ccc(C2Oc3cc(OC)c(OC)c(O)c3C(=O)C2O)cc1. The summed E-state index contributed by atoms with van der Waals surface area (Å²) >= 11 is 0. The monoisotopic (exact) mass is 346 g/mol. The summed E-state index contributed by atoms with van der Waals surface area (Å²) in [5.41, 5.74) is 0.469. The van der Waals surface area contributed by atoms with E-state index in [0.717, 1.165) is 0 Å². The van der Waals surface area contributed by atoms with Crippen LogP contribution in [0.2, 0.25) is 0 Å². The van der Waals surface area contributed by atoms with E-state index < -0.39 is 23.7 Å². The molecule has 25 heavy (non-hydrogen) atoms. The van der Waals surface area contributed by atoms with Crippen LogP contribution in [0.25, 0.3) is 0 Å². The number of phenolic OH excluding ortho intramolecular Hbond substituents is 1. The molecule has 7 heteroatoms. The lowest BCUT2D eigenvalue weighted by molar-refractivity contribution is 0.0209.